The van der Waals surface area contributed by atoms with Crippen molar-refractivity contribution in [1.82, 2.24) is 9.80 Å². The molecule has 3 rings (SSSR count). The molecule has 0 unspecified atom stereocenters. The first-order chi connectivity index (χ1) is 13.7. The summed E-state index contributed by atoms with van der Waals surface area (Å²) in [5.41, 5.74) is 2.52. The Hall–Kier alpha value is -1.70. The molecular weight excluding hydrogens is 356 g/mol. The molecule has 1 N–H and O–H groups in total. The van der Waals surface area contributed by atoms with E-state index in [1.54, 1.807) is 6.26 Å². The van der Waals surface area contributed by atoms with E-state index in [-0.39, 0.29) is 0 Å². The van der Waals surface area contributed by atoms with Crippen molar-refractivity contribution in [1.29, 1.82) is 0 Å². The van der Waals surface area contributed by atoms with Crippen molar-refractivity contribution in [3.05, 3.63) is 59.5 Å². The highest BCUT2D eigenvalue weighted by atomic mass is 16.5. The third kappa shape index (κ3) is 7.37. The summed E-state index contributed by atoms with van der Waals surface area (Å²) in [6.07, 6.45) is 1.09. The smallest absolute Gasteiger partial charge is 0.129 e. The van der Waals surface area contributed by atoms with Crippen LogP contribution in [-0.4, -0.2) is 73.6 Å². The Morgan fingerprint density at radius 3 is 2.68 bits per heavy atom. The van der Waals surface area contributed by atoms with Gasteiger partial charge in [0.15, 0.2) is 0 Å². The third-order valence-corrected chi connectivity index (χ3v) is 4.97. The molecule has 0 spiro atoms. The van der Waals surface area contributed by atoms with Crippen LogP contribution in [0.4, 0.5) is 0 Å². The predicted octanol–water partition coefficient (Wildman–Crippen LogP) is 2.30. The molecule has 1 atom stereocenters. The van der Waals surface area contributed by atoms with Gasteiger partial charge >= 0.3 is 0 Å². The van der Waals surface area contributed by atoms with E-state index in [2.05, 4.69) is 41.0 Å². The van der Waals surface area contributed by atoms with Gasteiger partial charge in [-0.3, -0.25) is 9.80 Å². The molecule has 0 saturated carbocycles. The van der Waals surface area contributed by atoms with Crippen molar-refractivity contribution in [3.8, 4) is 0 Å². The zero-order valence-corrected chi connectivity index (χ0v) is 16.8. The second-order valence-electron chi connectivity index (χ2n) is 7.42. The number of ether oxygens (including phenoxy) is 2. The average molecular weight is 389 g/mol. The minimum Gasteiger partial charge on any atom is -0.467 e. The summed E-state index contributed by atoms with van der Waals surface area (Å²) in [5, 5.41) is 10.5. The van der Waals surface area contributed by atoms with Crippen LogP contribution in [0.1, 0.15) is 16.9 Å². The van der Waals surface area contributed by atoms with Crippen LogP contribution >= 0.6 is 0 Å². The Kier molecular flexibility index (Phi) is 8.51. The molecule has 6 heteroatoms. The number of aryl methyl sites for hydroxylation is 1. The van der Waals surface area contributed by atoms with Crippen LogP contribution in [0.15, 0.2) is 47.1 Å². The number of morpholine rings is 1. The minimum atomic E-state index is -0.537. The fourth-order valence-corrected chi connectivity index (χ4v) is 3.34. The third-order valence-electron chi connectivity index (χ3n) is 4.97. The molecule has 1 aromatic carbocycles. The molecule has 2 heterocycles. The van der Waals surface area contributed by atoms with Gasteiger partial charge in [0.05, 0.1) is 32.2 Å². The largest absolute Gasteiger partial charge is 0.467 e. The van der Waals surface area contributed by atoms with Crippen LogP contribution in [0.5, 0.6) is 0 Å². The number of aliphatic hydroxyl groups excluding tert-OH is 1. The molecule has 0 bridgehead atoms. The summed E-state index contributed by atoms with van der Waals surface area (Å²) in [6, 6.07) is 12.3. The molecular formula is C22H32N2O4. The van der Waals surface area contributed by atoms with Gasteiger partial charge in [0, 0.05) is 39.3 Å². The molecule has 6 nitrogen and oxygen atoms in total. The van der Waals surface area contributed by atoms with Crippen LogP contribution in [0, 0.1) is 6.92 Å². The Balaban J connectivity index is 1.48. The van der Waals surface area contributed by atoms with Gasteiger partial charge in [-0.1, -0.05) is 29.8 Å². The maximum atomic E-state index is 10.5. The molecule has 28 heavy (non-hydrogen) atoms. The van der Waals surface area contributed by atoms with E-state index >= 15 is 0 Å². The van der Waals surface area contributed by atoms with E-state index in [1.165, 1.54) is 11.1 Å². The molecule has 0 aliphatic carbocycles. The Morgan fingerprint density at radius 1 is 1.18 bits per heavy atom. The van der Waals surface area contributed by atoms with Gasteiger partial charge in [-0.25, -0.2) is 0 Å². The number of nitrogens with zero attached hydrogens (tertiary/aromatic N) is 2. The second-order valence-corrected chi connectivity index (χ2v) is 7.42. The Morgan fingerprint density at radius 2 is 1.96 bits per heavy atom. The van der Waals surface area contributed by atoms with E-state index in [9.17, 15) is 5.11 Å². The molecule has 154 valence electrons. The molecule has 2 aromatic rings. The van der Waals surface area contributed by atoms with Crippen LogP contribution < -0.4 is 0 Å². The number of aliphatic hydroxyl groups is 1. The van der Waals surface area contributed by atoms with Crippen molar-refractivity contribution in [2.75, 3.05) is 52.5 Å². The van der Waals surface area contributed by atoms with Gasteiger partial charge in [-0.05, 0) is 24.6 Å². The summed E-state index contributed by atoms with van der Waals surface area (Å²) < 4.78 is 16.3. The number of hydrogen-bond acceptors (Lipinski definition) is 6. The lowest BCUT2D eigenvalue weighted by Gasteiger charge is -2.31. The summed E-state index contributed by atoms with van der Waals surface area (Å²) in [4.78, 5) is 4.73. The highest BCUT2D eigenvalue weighted by Gasteiger charge is 2.16. The van der Waals surface area contributed by atoms with E-state index in [1.807, 2.05) is 12.1 Å². The van der Waals surface area contributed by atoms with Gasteiger partial charge in [0.1, 0.15) is 12.4 Å². The number of furan rings is 1. The van der Waals surface area contributed by atoms with Gasteiger partial charge < -0.3 is 19.0 Å². The van der Waals surface area contributed by atoms with E-state index in [4.69, 9.17) is 13.9 Å². The number of benzene rings is 1. The summed E-state index contributed by atoms with van der Waals surface area (Å²) in [5.74, 6) is 0.774. The molecule has 0 amide bonds. The van der Waals surface area contributed by atoms with Crippen molar-refractivity contribution in [2.45, 2.75) is 26.2 Å². The number of hydrogen-bond donors (Lipinski definition) is 1. The standard InChI is InChI=1S/C22H32N2O4/c1-19-4-6-20(7-5-19)15-24(9-8-23-10-13-26-14-11-23)16-21(25)17-27-18-22-3-2-12-28-22/h2-7,12,21,25H,8-11,13-18H2,1H3/t21-/m1/s1. The van der Waals surface area contributed by atoms with Crippen LogP contribution in [-0.2, 0) is 22.6 Å². The maximum absolute atomic E-state index is 10.5. The van der Waals surface area contributed by atoms with E-state index < -0.39 is 6.10 Å². The Labute approximate surface area is 167 Å². The minimum absolute atomic E-state index is 0.294. The van der Waals surface area contributed by atoms with Gasteiger partial charge in [-0.2, -0.15) is 0 Å². The first kappa shape index (κ1) is 21.0. The summed E-state index contributed by atoms with van der Waals surface area (Å²) >= 11 is 0. The fourth-order valence-electron chi connectivity index (χ4n) is 3.34. The van der Waals surface area contributed by atoms with Crippen LogP contribution in [0.2, 0.25) is 0 Å². The fraction of sp³-hybridized carbons (Fsp3) is 0.545. The van der Waals surface area contributed by atoms with Crippen LogP contribution in [0.3, 0.4) is 0 Å². The van der Waals surface area contributed by atoms with Gasteiger partial charge in [0.2, 0.25) is 0 Å². The monoisotopic (exact) mass is 388 g/mol. The normalized spacial score (nSPS) is 16.5. The summed E-state index contributed by atoms with van der Waals surface area (Å²) in [7, 11) is 0. The molecule has 1 saturated heterocycles. The van der Waals surface area contributed by atoms with Gasteiger partial charge in [-0.15, -0.1) is 0 Å². The maximum Gasteiger partial charge on any atom is 0.129 e. The Bertz CT molecular complexity index is 654. The first-order valence-electron chi connectivity index (χ1n) is 10.1. The van der Waals surface area contributed by atoms with E-state index in [0.717, 1.165) is 51.7 Å². The molecule has 1 aliphatic heterocycles. The summed E-state index contributed by atoms with van der Waals surface area (Å²) in [6.45, 7) is 9.63. The molecule has 1 aliphatic rings. The first-order valence-corrected chi connectivity index (χ1v) is 10.1. The zero-order chi connectivity index (χ0) is 19.6. The van der Waals surface area contributed by atoms with Crippen molar-refractivity contribution in [3.63, 3.8) is 0 Å². The highest BCUT2D eigenvalue weighted by Crippen LogP contribution is 2.09. The lowest BCUT2D eigenvalue weighted by atomic mass is 10.1. The predicted molar refractivity (Wildman–Crippen MR) is 108 cm³/mol. The van der Waals surface area contributed by atoms with Crippen LogP contribution in [0.25, 0.3) is 0 Å². The van der Waals surface area contributed by atoms with Gasteiger partial charge in [0.25, 0.3) is 0 Å². The second kappa shape index (κ2) is 11.3. The zero-order valence-electron chi connectivity index (χ0n) is 16.8. The van der Waals surface area contributed by atoms with E-state index in [0.29, 0.717) is 19.8 Å². The average Bonchev–Trinajstić information content (AvgIpc) is 3.22. The highest BCUT2D eigenvalue weighted by molar-refractivity contribution is 5.21. The lowest BCUT2D eigenvalue weighted by molar-refractivity contribution is -0.00152. The van der Waals surface area contributed by atoms with Crippen molar-refractivity contribution >= 4 is 0 Å². The molecule has 1 aromatic heterocycles. The lowest BCUT2D eigenvalue weighted by Crippen LogP contribution is -2.43. The van der Waals surface area contributed by atoms with Crippen molar-refractivity contribution in [2.24, 2.45) is 0 Å². The quantitative estimate of drug-likeness (QED) is 0.637. The molecule has 0 radical (unpaired) electrons. The SMILES string of the molecule is Cc1ccc(CN(CCN2CCOCC2)C[C@@H](O)COCc2ccco2)cc1. The van der Waals surface area contributed by atoms with Crippen molar-refractivity contribution < 1.29 is 19.0 Å². The topological polar surface area (TPSA) is 58.3 Å². The number of rotatable bonds is 11. The molecule has 1 fully saturated rings.